The number of amides is 1. The molecule has 0 radical (unpaired) electrons. The highest BCUT2D eigenvalue weighted by atomic mass is 16.5. The average Bonchev–Trinajstić information content (AvgIpc) is 3.09. The molecule has 1 fully saturated rings. The molecular formula is C18H25N5O2. The molecule has 7 heteroatoms. The highest BCUT2D eigenvalue weighted by Crippen LogP contribution is 2.17. The lowest BCUT2D eigenvalue weighted by atomic mass is 10.0. The van der Waals surface area contributed by atoms with E-state index in [0.717, 1.165) is 31.7 Å². The molecule has 0 atom stereocenters. The highest BCUT2D eigenvalue weighted by molar-refractivity contribution is 5.76. The van der Waals surface area contributed by atoms with Crippen molar-refractivity contribution < 1.29 is 9.32 Å². The standard InChI is InChI=1S/C18H25N5O2/c1-18(2,3)23-11-9-22(10-12-23)16(24)7-6-15-20-17(21-25-15)14-5-4-8-19-13-14/h4-5,8,13H,6-7,9-12H2,1-3H3. The van der Waals surface area contributed by atoms with Crippen molar-refractivity contribution in [3.05, 3.63) is 30.4 Å². The zero-order valence-corrected chi connectivity index (χ0v) is 15.1. The zero-order chi connectivity index (χ0) is 17.9. The van der Waals surface area contributed by atoms with Crippen molar-refractivity contribution in [2.45, 2.75) is 39.2 Å². The smallest absolute Gasteiger partial charge is 0.227 e. The van der Waals surface area contributed by atoms with Crippen molar-refractivity contribution in [3.8, 4) is 11.4 Å². The summed E-state index contributed by atoms with van der Waals surface area (Å²) in [4.78, 5) is 25.1. The van der Waals surface area contributed by atoms with Crippen LogP contribution in [0.2, 0.25) is 0 Å². The van der Waals surface area contributed by atoms with Gasteiger partial charge in [-0.15, -0.1) is 0 Å². The maximum absolute atomic E-state index is 12.4. The van der Waals surface area contributed by atoms with E-state index in [4.69, 9.17) is 4.52 Å². The van der Waals surface area contributed by atoms with Gasteiger partial charge in [0, 0.05) is 62.5 Å². The van der Waals surface area contributed by atoms with E-state index in [0.29, 0.717) is 24.6 Å². The second-order valence-electron chi connectivity index (χ2n) is 7.29. The molecule has 1 aliphatic rings. The predicted molar refractivity (Wildman–Crippen MR) is 93.8 cm³/mol. The Morgan fingerprint density at radius 2 is 2.00 bits per heavy atom. The van der Waals surface area contributed by atoms with E-state index in [1.165, 1.54) is 0 Å². The van der Waals surface area contributed by atoms with Gasteiger partial charge in [0.25, 0.3) is 0 Å². The number of piperazine rings is 1. The summed E-state index contributed by atoms with van der Waals surface area (Å²) < 4.78 is 5.25. The molecule has 0 aromatic carbocycles. The zero-order valence-electron chi connectivity index (χ0n) is 15.1. The molecule has 0 N–H and O–H groups in total. The van der Waals surface area contributed by atoms with Crippen LogP contribution in [0.25, 0.3) is 11.4 Å². The van der Waals surface area contributed by atoms with Gasteiger partial charge < -0.3 is 9.42 Å². The van der Waals surface area contributed by atoms with E-state index in [2.05, 4.69) is 40.8 Å². The fourth-order valence-corrected chi connectivity index (χ4v) is 2.97. The van der Waals surface area contributed by atoms with E-state index in [1.807, 2.05) is 17.0 Å². The number of rotatable bonds is 4. The summed E-state index contributed by atoms with van der Waals surface area (Å²) in [5, 5.41) is 3.96. The second-order valence-corrected chi connectivity index (χ2v) is 7.29. The molecule has 1 amide bonds. The van der Waals surface area contributed by atoms with Crippen molar-refractivity contribution in [1.29, 1.82) is 0 Å². The number of aryl methyl sites for hydroxylation is 1. The molecule has 1 saturated heterocycles. The quantitative estimate of drug-likeness (QED) is 0.845. The first-order chi connectivity index (χ1) is 11.9. The molecule has 0 bridgehead atoms. The first-order valence-corrected chi connectivity index (χ1v) is 8.69. The van der Waals surface area contributed by atoms with Crippen LogP contribution >= 0.6 is 0 Å². The van der Waals surface area contributed by atoms with Gasteiger partial charge in [-0.1, -0.05) is 5.16 Å². The minimum atomic E-state index is 0.148. The van der Waals surface area contributed by atoms with Gasteiger partial charge in [-0.2, -0.15) is 4.98 Å². The lowest BCUT2D eigenvalue weighted by Crippen LogP contribution is -2.54. The third-order valence-corrected chi connectivity index (χ3v) is 4.52. The largest absolute Gasteiger partial charge is 0.340 e. The fraction of sp³-hybridized carbons (Fsp3) is 0.556. The number of aromatic nitrogens is 3. The second kappa shape index (κ2) is 7.31. The predicted octanol–water partition coefficient (Wildman–Crippen LogP) is 2.01. The van der Waals surface area contributed by atoms with Gasteiger partial charge in [-0.25, -0.2) is 0 Å². The normalized spacial score (nSPS) is 16.2. The Labute approximate surface area is 148 Å². The van der Waals surface area contributed by atoms with Gasteiger partial charge >= 0.3 is 0 Å². The van der Waals surface area contributed by atoms with Crippen LogP contribution in [-0.2, 0) is 11.2 Å². The van der Waals surface area contributed by atoms with Crippen molar-refractivity contribution in [3.63, 3.8) is 0 Å². The van der Waals surface area contributed by atoms with Gasteiger partial charge in [-0.05, 0) is 32.9 Å². The van der Waals surface area contributed by atoms with Gasteiger partial charge in [0.1, 0.15) is 0 Å². The molecule has 1 aliphatic heterocycles. The summed E-state index contributed by atoms with van der Waals surface area (Å²) >= 11 is 0. The van der Waals surface area contributed by atoms with E-state index in [-0.39, 0.29) is 11.4 Å². The first-order valence-electron chi connectivity index (χ1n) is 8.69. The molecule has 2 aromatic rings. The molecule has 3 rings (SSSR count). The number of carbonyl (C=O) groups excluding carboxylic acids is 1. The fourth-order valence-electron chi connectivity index (χ4n) is 2.97. The number of hydrogen-bond donors (Lipinski definition) is 0. The summed E-state index contributed by atoms with van der Waals surface area (Å²) in [6, 6.07) is 3.70. The number of nitrogens with zero attached hydrogens (tertiary/aromatic N) is 5. The molecule has 25 heavy (non-hydrogen) atoms. The maximum atomic E-state index is 12.4. The molecule has 0 aliphatic carbocycles. The SMILES string of the molecule is CC(C)(C)N1CCN(C(=O)CCc2nc(-c3cccnc3)no2)CC1. The number of pyridine rings is 1. The van der Waals surface area contributed by atoms with Gasteiger partial charge in [-0.3, -0.25) is 14.7 Å². The van der Waals surface area contributed by atoms with Crippen LogP contribution in [0.15, 0.2) is 29.0 Å². The van der Waals surface area contributed by atoms with Gasteiger partial charge in [0.2, 0.25) is 17.6 Å². The molecular weight excluding hydrogens is 318 g/mol. The Bertz CT molecular complexity index is 700. The highest BCUT2D eigenvalue weighted by Gasteiger charge is 2.27. The Morgan fingerprint density at radius 3 is 2.64 bits per heavy atom. The Balaban J connectivity index is 1.49. The number of hydrogen-bond acceptors (Lipinski definition) is 6. The van der Waals surface area contributed by atoms with Crippen LogP contribution < -0.4 is 0 Å². The molecule has 0 spiro atoms. The summed E-state index contributed by atoms with van der Waals surface area (Å²) in [7, 11) is 0. The topological polar surface area (TPSA) is 75.4 Å². The summed E-state index contributed by atoms with van der Waals surface area (Å²) in [6.45, 7) is 10.0. The monoisotopic (exact) mass is 343 g/mol. The first kappa shape index (κ1) is 17.5. The van der Waals surface area contributed by atoms with Crippen LogP contribution in [0.1, 0.15) is 33.1 Å². The Kier molecular flexibility index (Phi) is 5.13. The molecule has 0 saturated carbocycles. The van der Waals surface area contributed by atoms with Crippen molar-refractivity contribution in [2.24, 2.45) is 0 Å². The van der Waals surface area contributed by atoms with E-state index in [1.54, 1.807) is 12.4 Å². The van der Waals surface area contributed by atoms with Crippen molar-refractivity contribution >= 4 is 5.91 Å². The van der Waals surface area contributed by atoms with Gasteiger partial charge in [0.05, 0.1) is 0 Å². The van der Waals surface area contributed by atoms with Crippen LogP contribution in [0.5, 0.6) is 0 Å². The maximum Gasteiger partial charge on any atom is 0.227 e. The Morgan fingerprint density at radius 1 is 1.24 bits per heavy atom. The summed E-state index contributed by atoms with van der Waals surface area (Å²) in [5.41, 5.74) is 0.962. The molecule has 3 heterocycles. The molecule has 134 valence electrons. The van der Waals surface area contributed by atoms with Crippen LogP contribution in [0.4, 0.5) is 0 Å². The minimum Gasteiger partial charge on any atom is -0.340 e. The lowest BCUT2D eigenvalue weighted by molar-refractivity contribution is -0.133. The molecule has 2 aromatic heterocycles. The van der Waals surface area contributed by atoms with Crippen molar-refractivity contribution in [1.82, 2.24) is 24.9 Å². The summed E-state index contributed by atoms with van der Waals surface area (Å²) in [5.74, 6) is 1.14. The molecule has 7 nitrogen and oxygen atoms in total. The van der Waals surface area contributed by atoms with E-state index >= 15 is 0 Å². The summed E-state index contributed by atoms with van der Waals surface area (Å²) in [6.07, 6.45) is 4.24. The number of carbonyl (C=O) groups is 1. The van der Waals surface area contributed by atoms with Crippen LogP contribution in [-0.4, -0.2) is 62.5 Å². The van der Waals surface area contributed by atoms with Crippen LogP contribution in [0, 0.1) is 0 Å². The minimum absolute atomic E-state index is 0.148. The lowest BCUT2D eigenvalue weighted by Gasteiger charge is -2.42. The van der Waals surface area contributed by atoms with Gasteiger partial charge in [0.15, 0.2) is 0 Å². The van der Waals surface area contributed by atoms with Crippen molar-refractivity contribution in [2.75, 3.05) is 26.2 Å². The van der Waals surface area contributed by atoms with Crippen LogP contribution in [0.3, 0.4) is 0 Å². The van der Waals surface area contributed by atoms with E-state index < -0.39 is 0 Å². The Hall–Kier alpha value is -2.28. The molecule has 0 unspecified atom stereocenters. The average molecular weight is 343 g/mol. The van der Waals surface area contributed by atoms with E-state index in [9.17, 15) is 4.79 Å². The third kappa shape index (κ3) is 4.42. The third-order valence-electron chi connectivity index (χ3n) is 4.52.